The fraction of sp³-hybridized carbons (Fsp3) is 0.455. The molecule has 1 atom stereocenters. The van der Waals surface area contributed by atoms with E-state index in [1.807, 2.05) is 13.8 Å². The fourth-order valence-corrected chi connectivity index (χ4v) is 1.64. The average molecular weight is 226 g/mol. The molecule has 1 heterocycles. The first kappa shape index (κ1) is 11.0. The highest BCUT2D eigenvalue weighted by Crippen LogP contribution is 2.51. The summed E-state index contributed by atoms with van der Waals surface area (Å²) >= 11 is 0. The minimum atomic E-state index is -0.994. The van der Waals surface area contributed by atoms with E-state index in [1.54, 1.807) is 0 Å². The lowest BCUT2D eigenvalue weighted by molar-refractivity contribution is -0.118. The third-order valence-corrected chi connectivity index (χ3v) is 2.90. The van der Waals surface area contributed by atoms with Gasteiger partial charge in [0.2, 0.25) is 17.8 Å². The average Bonchev–Trinajstić information content (AvgIpc) is 2.80. The second-order valence-electron chi connectivity index (χ2n) is 4.71. The fourth-order valence-electron chi connectivity index (χ4n) is 1.64. The van der Waals surface area contributed by atoms with Crippen LogP contribution in [0.15, 0.2) is 12.1 Å². The van der Waals surface area contributed by atoms with Crippen molar-refractivity contribution in [3.8, 4) is 0 Å². The van der Waals surface area contributed by atoms with Gasteiger partial charge in [0, 0.05) is 5.92 Å². The molecule has 1 amide bonds. The zero-order chi connectivity index (χ0) is 11.9. The number of anilines is 1. The van der Waals surface area contributed by atoms with Gasteiger partial charge in [-0.25, -0.2) is 0 Å². The van der Waals surface area contributed by atoms with Crippen LogP contribution < -0.4 is 5.32 Å². The summed E-state index contributed by atoms with van der Waals surface area (Å²) in [7, 11) is 0. The van der Waals surface area contributed by atoms with E-state index in [9.17, 15) is 13.6 Å². The Labute approximate surface area is 91.9 Å². The molecule has 1 aromatic rings. The monoisotopic (exact) mass is 226 g/mol. The van der Waals surface area contributed by atoms with Crippen LogP contribution in [-0.4, -0.2) is 10.9 Å². The third kappa shape index (κ3) is 2.03. The minimum absolute atomic E-state index is 0.0198. The molecule has 0 radical (unpaired) electrons. The lowest BCUT2D eigenvalue weighted by Crippen LogP contribution is -2.17. The van der Waals surface area contributed by atoms with Crippen molar-refractivity contribution in [3.05, 3.63) is 24.0 Å². The molecule has 16 heavy (non-hydrogen) atoms. The zero-order valence-corrected chi connectivity index (χ0v) is 9.05. The Balaban J connectivity index is 2.07. The van der Waals surface area contributed by atoms with Crippen molar-refractivity contribution in [3.63, 3.8) is 0 Å². The first-order chi connectivity index (χ1) is 7.40. The summed E-state index contributed by atoms with van der Waals surface area (Å²) in [5.41, 5.74) is -0.0947. The predicted octanol–water partition coefficient (Wildman–Crippen LogP) is 2.34. The van der Waals surface area contributed by atoms with Crippen molar-refractivity contribution < 1.29 is 13.6 Å². The Morgan fingerprint density at radius 1 is 1.50 bits per heavy atom. The van der Waals surface area contributed by atoms with Crippen molar-refractivity contribution in [2.75, 3.05) is 5.32 Å². The van der Waals surface area contributed by atoms with Crippen LogP contribution in [-0.2, 0) is 4.79 Å². The standard InChI is InChI=1S/C11H12F2N2O/c1-11(2)5-6(11)10(16)14-7-3-4-8(12)15-9(7)13/h3-4,6H,5H2,1-2H3,(H,14,16). The van der Waals surface area contributed by atoms with Gasteiger partial charge >= 0.3 is 0 Å². The number of hydrogen-bond acceptors (Lipinski definition) is 2. The Kier molecular flexibility index (Phi) is 2.40. The van der Waals surface area contributed by atoms with Crippen LogP contribution in [0.4, 0.5) is 14.5 Å². The van der Waals surface area contributed by atoms with Crippen LogP contribution in [0, 0.1) is 23.2 Å². The van der Waals surface area contributed by atoms with Crippen LogP contribution in [0.25, 0.3) is 0 Å². The molecule has 0 bridgehead atoms. The number of rotatable bonds is 2. The smallest absolute Gasteiger partial charge is 0.239 e. The molecule has 5 heteroatoms. The molecule has 1 aliphatic rings. The minimum Gasteiger partial charge on any atom is -0.322 e. The number of pyridine rings is 1. The van der Waals surface area contributed by atoms with Gasteiger partial charge < -0.3 is 5.32 Å². The highest BCUT2D eigenvalue weighted by atomic mass is 19.1. The zero-order valence-electron chi connectivity index (χ0n) is 9.05. The van der Waals surface area contributed by atoms with Gasteiger partial charge in [-0.3, -0.25) is 4.79 Å². The van der Waals surface area contributed by atoms with Crippen molar-refractivity contribution in [2.45, 2.75) is 20.3 Å². The Morgan fingerprint density at radius 3 is 2.62 bits per heavy atom. The molecule has 1 unspecified atom stereocenters. The number of carbonyl (C=O) groups is 1. The third-order valence-electron chi connectivity index (χ3n) is 2.90. The van der Waals surface area contributed by atoms with E-state index in [4.69, 9.17) is 0 Å². The summed E-state index contributed by atoms with van der Waals surface area (Å²) in [6.45, 7) is 3.94. The molecule has 0 aliphatic heterocycles. The van der Waals surface area contributed by atoms with Gasteiger partial charge in [-0.05, 0) is 24.0 Å². The second kappa shape index (κ2) is 3.50. The lowest BCUT2D eigenvalue weighted by Gasteiger charge is -2.06. The maximum absolute atomic E-state index is 13.1. The first-order valence-corrected chi connectivity index (χ1v) is 5.03. The maximum Gasteiger partial charge on any atom is 0.239 e. The predicted molar refractivity (Wildman–Crippen MR) is 54.7 cm³/mol. The number of aromatic nitrogens is 1. The number of nitrogens with zero attached hydrogens (tertiary/aromatic N) is 1. The van der Waals surface area contributed by atoms with Gasteiger partial charge in [0.1, 0.15) is 0 Å². The number of carbonyl (C=O) groups excluding carboxylic acids is 1. The summed E-state index contributed by atoms with van der Waals surface area (Å²) in [6, 6.07) is 2.18. The van der Waals surface area contributed by atoms with Crippen molar-refractivity contribution in [2.24, 2.45) is 11.3 Å². The normalized spacial score (nSPS) is 21.6. The molecule has 1 N–H and O–H groups in total. The molecule has 1 fully saturated rings. The van der Waals surface area contributed by atoms with E-state index in [2.05, 4.69) is 10.3 Å². The van der Waals surface area contributed by atoms with Gasteiger partial charge in [0.15, 0.2) is 0 Å². The van der Waals surface area contributed by atoms with Gasteiger partial charge in [0.25, 0.3) is 0 Å². The van der Waals surface area contributed by atoms with Crippen LogP contribution in [0.1, 0.15) is 20.3 Å². The molecule has 1 aromatic heterocycles. The highest BCUT2D eigenvalue weighted by Gasteiger charge is 2.50. The SMILES string of the molecule is CC1(C)CC1C(=O)Nc1ccc(F)nc1F. The second-order valence-corrected chi connectivity index (χ2v) is 4.71. The van der Waals surface area contributed by atoms with E-state index in [1.165, 1.54) is 6.07 Å². The molecular weight excluding hydrogens is 214 g/mol. The van der Waals surface area contributed by atoms with E-state index in [0.29, 0.717) is 0 Å². The summed E-state index contributed by atoms with van der Waals surface area (Å²) in [4.78, 5) is 14.6. The van der Waals surface area contributed by atoms with Gasteiger partial charge in [-0.2, -0.15) is 13.8 Å². The van der Waals surface area contributed by atoms with Gasteiger partial charge in [-0.15, -0.1) is 0 Å². The molecule has 0 saturated heterocycles. The summed E-state index contributed by atoms with van der Waals surface area (Å²) in [5.74, 6) is -2.23. The maximum atomic E-state index is 13.1. The molecule has 0 spiro atoms. The van der Waals surface area contributed by atoms with Crippen LogP contribution in [0.3, 0.4) is 0 Å². The van der Waals surface area contributed by atoms with Crippen molar-refractivity contribution in [1.82, 2.24) is 4.98 Å². The highest BCUT2D eigenvalue weighted by molar-refractivity contribution is 5.94. The number of nitrogens with one attached hydrogen (secondary N) is 1. The van der Waals surface area contributed by atoms with Gasteiger partial charge in [0.05, 0.1) is 5.69 Å². The Bertz CT molecular complexity index is 446. The van der Waals surface area contributed by atoms with E-state index in [0.717, 1.165) is 12.5 Å². The lowest BCUT2D eigenvalue weighted by atomic mass is 10.1. The van der Waals surface area contributed by atoms with Crippen LogP contribution in [0.2, 0.25) is 0 Å². The van der Waals surface area contributed by atoms with Gasteiger partial charge in [-0.1, -0.05) is 13.8 Å². The van der Waals surface area contributed by atoms with E-state index in [-0.39, 0.29) is 22.9 Å². The molecule has 1 aliphatic carbocycles. The first-order valence-electron chi connectivity index (χ1n) is 5.03. The van der Waals surface area contributed by atoms with Crippen molar-refractivity contribution in [1.29, 1.82) is 0 Å². The quantitative estimate of drug-likeness (QED) is 0.786. The Morgan fingerprint density at radius 2 is 2.12 bits per heavy atom. The number of halogens is 2. The molecule has 2 rings (SSSR count). The van der Waals surface area contributed by atoms with Crippen LogP contribution >= 0.6 is 0 Å². The van der Waals surface area contributed by atoms with Crippen molar-refractivity contribution >= 4 is 11.6 Å². The molecule has 0 aromatic carbocycles. The summed E-state index contributed by atoms with van der Waals surface area (Å²) in [6.07, 6.45) is 0.787. The van der Waals surface area contributed by atoms with E-state index >= 15 is 0 Å². The number of hydrogen-bond donors (Lipinski definition) is 1. The summed E-state index contributed by atoms with van der Waals surface area (Å²) in [5, 5.41) is 2.41. The van der Waals surface area contributed by atoms with E-state index < -0.39 is 11.9 Å². The molecule has 1 saturated carbocycles. The summed E-state index contributed by atoms with van der Waals surface area (Å²) < 4.78 is 25.6. The topological polar surface area (TPSA) is 42.0 Å². The molecule has 86 valence electrons. The van der Waals surface area contributed by atoms with Crippen LogP contribution in [0.5, 0.6) is 0 Å². The largest absolute Gasteiger partial charge is 0.322 e. The molecular formula is C11H12F2N2O. The number of amides is 1. The molecule has 3 nitrogen and oxygen atoms in total. The Hall–Kier alpha value is -1.52.